The van der Waals surface area contributed by atoms with Gasteiger partial charge in [0.25, 0.3) is 5.92 Å². The van der Waals surface area contributed by atoms with Crippen LogP contribution in [0, 0.1) is 6.92 Å². The molecule has 0 aliphatic heterocycles. The van der Waals surface area contributed by atoms with Crippen molar-refractivity contribution in [1.29, 1.82) is 0 Å². The Kier molecular flexibility index (Phi) is 2.55. The number of aryl methyl sites for hydroxylation is 1. The van der Waals surface area contributed by atoms with Crippen molar-refractivity contribution in [3.63, 3.8) is 0 Å². The van der Waals surface area contributed by atoms with E-state index in [1.165, 1.54) is 0 Å². The summed E-state index contributed by atoms with van der Waals surface area (Å²) in [6, 6.07) is 9.04. The Morgan fingerprint density at radius 3 is 2.58 bits per heavy atom. The molecule has 0 atom stereocenters. The summed E-state index contributed by atoms with van der Waals surface area (Å²) in [6.07, 6.45) is -0.332. The minimum atomic E-state index is -2.61. The number of hydrogen-bond acceptors (Lipinski definition) is 2. The molecule has 1 heterocycles. The number of nitrogens with zero attached hydrogens (tertiary/aromatic N) is 1. The topological polar surface area (TPSA) is 38.9 Å². The zero-order chi connectivity index (χ0) is 13.6. The number of nitrogens with two attached hydrogens (primary N) is 1. The summed E-state index contributed by atoms with van der Waals surface area (Å²) in [7, 11) is 0. The molecule has 0 amide bonds. The standard InChI is InChI=1S/C15H14F2N2/c1-9-13(18)4-5-14(19-9)10-2-3-11-7-15(16,17)8-12(11)6-10/h2-6H,7-8,18H2,1H3. The van der Waals surface area contributed by atoms with E-state index in [9.17, 15) is 8.78 Å². The molecular weight excluding hydrogens is 246 g/mol. The van der Waals surface area contributed by atoms with Crippen LogP contribution >= 0.6 is 0 Å². The van der Waals surface area contributed by atoms with Gasteiger partial charge in [0, 0.05) is 18.4 Å². The maximum Gasteiger partial charge on any atom is 0.256 e. The second-order valence-corrected chi connectivity index (χ2v) is 5.06. The third-order valence-electron chi connectivity index (χ3n) is 3.53. The molecule has 0 saturated carbocycles. The van der Waals surface area contributed by atoms with Crippen LogP contribution in [0.25, 0.3) is 11.3 Å². The van der Waals surface area contributed by atoms with E-state index in [0.29, 0.717) is 5.69 Å². The first-order valence-corrected chi connectivity index (χ1v) is 6.18. The maximum absolute atomic E-state index is 13.4. The Hall–Kier alpha value is -1.97. The maximum atomic E-state index is 13.4. The van der Waals surface area contributed by atoms with Gasteiger partial charge in [0.05, 0.1) is 17.1 Å². The highest BCUT2D eigenvalue weighted by Gasteiger charge is 2.37. The van der Waals surface area contributed by atoms with Crippen molar-refractivity contribution in [2.75, 3.05) is 5.73 Å². The molecule has 1 aliphatic carbocycles. The Morgan fingerprint density at radius 2 is 1.84 bits per heavy atom. The fraction of sp³-hybridized carbons (Fsp3) is 0.267. The Balaban J connectivity index is 2.02. The number of fused-ring (bicyclic) bond motifs is 1. The SMILES string of the molecule is Cc1nc(-c2ccc3c(c2)CC(F)(F)C3)ccc1N. The van der Waals surface area contributed by atoms with E-state index in [1.54, 1.807) is 12.1 Å². The lowest BCUT2D eigenvalue weighted by atomic mass is 10.0. The molecule has 0 radical (unpaired) electrons. The lowest BCUT2D eigenvalue weighted by Crippen LogP contribution is -2.14. The molecule has 19 heavy (non-hydrogen) atoms. The van der Waals surface area contributed by atoms with Gasteiger partial charge in [-0.05, 0) is 36.2 Å². The first-order valence-electron chi connectivity index (χ1n) is 6.18. The van der Waals surface area contributed by atoms with Gasteiger partial charge < -0.3 is 5.73 Å². The number of hydrogen-bond donors (Lipinski definition) is 1. The van der Waals surface area contributed by atoms with Crippen LogP contribution in [0.1, 0.15) is 16.8 Å². The third kappa shape index (κ3) is 2.18. The molecule has 0 bridgehead atoms. The van der Waals surface area contributed by atoms with Gasteiger partial charge in [0.1, 0.15) is 0 Å². The molecule has 2 aromatic rings. The number of benzene rings is 1. The highest BCUT2D eigenvalue weighted by molar-refractivity contribution is 5.64. The first kappa shape index (κ1) is 12.1. The monoisotopic (exact) mass is 260 g/mol. The van der Waals surface area contributed by atoms with Gasteiger partial charge >= 0.3 is 0 Å². The summed E-state index contributed by atoms with van der Waals surface area (Å²) < 4.78 is 26.7. The Labute approximate surface area is 110 Å². The Morgan fingerprint density at radius 1 is 1.11 bits per heavy atom. The molecule has 1 aromatic heterocycles. The quantitative estimate of drug-likeness (QED) is 0.853. The van der Waals surface area contributed by atoms with Crippen LogP contribution in [0.5, 0.6) is 0 Å². The highest BCUT2D eigenvalue weighted by Crippen LogP contribution is 2.36. The van der Waals surface area contributed by atoms with E-state index in [-0.39, 0.29) is 12.8 Å². The summed E-state index contributed by atoms with van der Waals surface area (Å²) >= 11 is 0. The molecule has 3 rings (SSSR count). The van der Waals surface area contributed by atoms with E-state index >= 15 is 0 Å². The van der Waals surface area contributed by atoms with Crippen molar-refractivity contribution in [2.45, 2.75) is 25.7 Å². The van der Waals surface area contributed by atoms with Crippen LogP contribution in [-0.2, 0) is 12.8 Å². The minimum Gasteiger partial charge on any atom is -0.397 e. The van der Waals surface area contributed by atoms with Gasteiger partial charge in [-0.3, -0.25) is 4.98 Å². The fourth-order valence-corrected chi connectivity index (χ4v) is 2.47. The average molecular weight is 260 g/mol. The normalized spacial score (nSPS) is 16.4. The molecular formula is C15H14F2N2. The number of rotatable bonds is 1. The second-order valence-electron chi connectivity index (χ2n) is 5.06. The van der Waals surface area contributed by atoms with E-state index in [2.05, 4.69) is 4.98 Å². The zero-order valence-electron chi connectivity index (χ0n) is 10.6. The molecule has 1 aliphatic rings. The minimum absolute atomic E-state index is 0.156. The largest absolute Gasteiger partial charge is 0.397 e. The summed E-state index contributed by atoms with van der Waals surface area (Å²) in [4.78, 5) is 4.39. The van der Waals surface area contributed by atoms with Gasteiger partial charge in [0.2, 0.25) is 0 Å². The number of nitrogen functional groups attached to an aromatic ring is 1. The van der Waals surface area contributed by atoms with Crippen LogP contribution in [-0.4, -0.2) is 10.9 Å². The van der Waals surface area contributed by atoms with Crippen LogP contribution in [0.2, 0.25) is 0 Å². The number of aromatic nitrogens is 1. The molecule has 0 unspecified atom stereocenters. The summed E-state index contributed by atoms with van der Waals surface area (Å²) in [5.41, 5.74) is 10.2. The van der Waals surface area contributed by atoms with Gasteiger partial charge in [-0.15, -0.1) is 0 Å². The van der Waals surface area contributed by atoms with Gasteiger partial charge in [-0.2, -0.15) is 0 Å². The number of anilines is 1. The molecule has 0 saturated heterocycles. The summed E-state index contributed by atoms with van der Waals surface area (Å²) in [5, 5.41) is 0. The van der Waals surface area contributed by atoms with Gasteiger partial charge in [0.15, 0.2) is 0 Å². The fourth-order valence-electron chi connectivity index (χ4n) is 2.47. The zero-order valence-corrected chi connectivity index (χ0v) is 10.6. The van der Waals surface area contributed by atoms with E-state index < -0.39 is 5.92 Å². The summed E-state index contributed by atoms with van der Waals surface area (Å²) in [5.74, 6) is -2.61. The highest BCUT2D eigenvalue weighted by atomic mass is 19.3. The lowest BCUT2D eigenvalue weighted by Gasteiger charge is -2.06. The van der Waals surface area contributed by atoms with Crippen molar-refractivity contribution in [3.05, 3.63) is 47.2 Å². The van der Waals surface area contributed by atoms with Crippen molar-refractivity contribution in [2.24, 2.45) is 0 Å². The van der Waals surface area contributed by atoms with Crippen molar-refractivity contribution in [1.82, 2.24) is 4.98 Å². The second kappa shape index (κ2) is 4.02. The predicted octanol–water partition coefficient (Wildman–Crippen LogP) is 3.37. The van der Waals surface area contributed by atoms with Gasteiger partial charge in [-0.25, -0.2) is 8.78 Å². The van der Waals surface area contributed by atoms with Crippen LogP contribution in [0.4, 0.5) is 14.5 Å². The molecule has 0 fully saturated rings. The molecule has 2 N–H and O–H groups in total. The average Bonchev–Trinajstić information content (AvgIpc) is 2.65. The molecule has 2 nitrogen and oxygen atoms in total. The Bertz CT molecular complexity index is 651. The summed E-state index contributed by atoms with van der Waals surface area (Å²) in [6.45, 7) is 1.83. The lowest BCUT2D eigenvalue weighted by molar-refractivity contribution is 0.0130. The van der Waals surface area contributed by atoms with E-state index in [0.717, 1.165) is 28.1 Å². The van der Waals surface area contributed by atoms with Gasteiger partial charge in [-0.1, -0.05) is 12.1 Å². The molecule has 98 valence electrons. The molecule has 1 aromatic carbocycles. The van der Waals surface area contributed by atoms with E-state index in [4.69, 9.17) is 5.73 Å². The van der Waals surface area contributed by atoms with Crippen LogP contribution in [0.15, 0.2) is 30.3 Å². The number of alkyl halides is 2. The van der Waals surface area contributed by atoms with Crippen LogP contribution < -0.4 is 5.73 Å². The first-order chi connectivity index (χ1) is 8.94. The number of pyridine rings is 1. The van der Waals surface area contributed by atoms with Crippen molar-refractivity contribution < 1.29 is 8.78 Å². The van der Waals surface area contributed by atoms with E-state index in [1.807, 2.05) is 25.1 Å². The number of halogens is 2. The van der Waals surface area contributed by atoms with Crippen molar-refractivity contribution in [3.8, 4) is 11.3 Å². The molecule has 4 heteroatoms. The smallest absolute Gasteiger partial charge is 0.256 e. The van der Waals surface area contributed by atoms with Crippen LogP contribution in [0.3, 0.4) is 0 Å². The predicted molar refractivity (Wildman–Crippen MR) is 71.2 cm³/mol. The third-order valence-corrected chi connectivity index (χ3v) is 3.53. The molecule has 0 spiro atoms. The van der Waals surface area contributed by atoms with Crippen molar-refractivity contribution >= 4 is 5.69 Å².